The average molecular weight is 203 g/mol. The number of aromatic hydroxyl groups is 1. The van der Waals surface area contributed by atoms with E-state index < -0.39 is 5.97 Å². The third-order valence-electron chi connectivity index (χ3n) is 1.12. The van der Waals surface area contributed by atoms with Crippen molar-refractivity contribution in [2.24, 2.45) is 0 Å². The van der Waals surface area contributed by atoms with Crippen LogP contribution in [0.5, 0.6) is 5.06 Å². The molecule has 0 unspecified atom stereocenters. The number of nitrogens with zero attached hydrogens (tertiary/aromatic N) is 1. The fourth-order valence-corrected chi connectivity index (χ4v) is 1.34. The summed E-state index contributed by atoms with van der Waals surface area (Å²) in [7, 11) is 0. The monoisotopic (exact) mass is 203 g/mol. The molecule has 0 spiro atoms. The van der Waals surface area contributed by atoms with Crippen molar-refractivity contribution in [3.05, 3.63) is 10.7 Å². The van der Waals surface area contributed by atoms with Crippen molar-refractivity contribution in [3.63, 3.8) is 0 Å². The number of carbonyl (C=O) groups is 1. The second kappa shape index (κ2) is 5.53. The Labute approximate surface area is 80.9 Å². The minimum atomic E-state index is -0.833. The Hall–Kier alpha value is -1.10. The number of aromatic nitrogens is 1. The summed E-state index contributed by atoms with van der Waals surface area (Å²) in [5.41, 5.74) is 0.747. The lowest BCUT2D eigenvalue weighted by Crippen LogP contribution is -1.78. The van der Waals surface area contributed by atoms with Crippen LogP contribution >= 0.6 is 11.3 Å². The van der Waals surface area contributed by atoms with Gasteiger partial charge in [-0.25, -0.2) is 4.98 Å². The summed E-state index contributed by atoms with van der Waals surface area (Å²) in [5.74, 6) is -0.833. The van der Waals surface area contributed by atoms with E-state index in [1.54, 1.807) is 0 Å². The van der Waals surface area contributed by atoms with Crippen LogP contribution in [0.4, 0.5) is 0 Å². The van der Waals surface area contributed by atoms with Crippen LogP contribution < -0.4 is 0 Å². The van der Waals surface area contributed by atoms with Gasteiger partial charge in [-0.15, -0.1) is 0 Å². The second-order valence-electron chi connectivity index (χ2n) is 2.37. The van der Waals surface area contributed by atoms with Crippen molar-refractivity contribution in [2.75, 3.05) is 0 Å². The van der Waals surface area contributed by atoms with Crippen LogP contribution in [0.25, 0.3) is 0 Å². The largest absolute Gasteiger partial charge is 0.498 e. The van der Waals surface area contributed by atoms with Crippen molar-refractivity contribution in [1.82, 2.24) is 4.98 Å². The van der Waals surface area contributed by atoms with Gasteiger partial charge in [-0.2, -0.15) is 0 Å². The highest BCUT2D eigenvalue weighted by atomic mass is 32.1. The summed E-state index contributed by atoms with van der Waals surface area (Å²) in [5, 5.41) is 17.8. The van der Waals surface area contributed by atoms with Gasteiger partial charge in [0.2, 0.25) is 0 Å². The lowest BCUT2D eigenvalue weighted by Gasteiger charge is -1.78. The number of aliphatic carboxylic acids is 1. The first kappa shape index (κ1) is 11.9. The van der Waals surface area contributed by atoms with Crippen LogP contribution in [0.3, 0.4) is 0 Å². The predicted molar refractivity (Wildman–Crippen MR) is 51.2 cm³/mol. The molecule has 0 saturated heterocycles. The zero-order valence-electron chi connectivity index (χ0n) is 7.87. The molecule has 1 aromatic rings. The standard InChI is InChI=1S/C6H9NOS.C2H4O2/c1-3-5-7-4(2)6(8)9-5;1-2(3)4/h8H,3H2,1-2H3;1H3,(H,3,4). The fourth-order valence-electron chi connectivity index (χ4n) is 0.594. The number of rotatable bonds is 1. The molecule has 13 heavy (non-hydrogen) atoms. The van der Waals surface area contributed by atoms with Gasteiger partial charge in [0.25, 0.3) is 5.97 Å². The van der Waals surface area contributed by atoms with Gasteiger partial charge in [0, 0.05) is 6.92 Å². The lowest BCUT2D eigenvalue weighted by atomic mass is 10.5. The highest BCUT2D eigenvalue weighted by Gasteiger charge is 2.01. The Balaban J connectivity index is 0.000000310. The molecule has 74 valence electrons. The summed E-state index contributed by atoms with van der Waals surface area (Å²) in [6, 6.07) is 0. The van der Waals surface area contributed by atoms with Crippen LogP contribution in [0.1, 0.15) is 24.5 Å². The van der Waals surface area contributed by atoms with E-state index in [4.69, 9.17) is 15.0 Å². The quantitative estimate of drug-likeness (QED) is 0.730. The van der Waals surface area contributed by atoms with Crippen LogP contribution in [-0.2, 0) is 11.2 Å². The first-order valence-corrected chi connectivity index (χ1v) is 4.63. The Morgan fingerprint density at radius 3 is 2.23 bits per heavy atom. The van der Waals surface area contributed by atoms with Crippen LogP contribution in [0, 0.1) is 6.92 Å². The first-order valence-electron chi connectivity index (χ1n) is 3.82. The van der Waals surface area contributed by atoms with E-state index in [2.05, 4.69) is 4.98 Å². The topological polar surface area (TPSA) is 70.4 Å². The van der Waals surface area contributed by atoms with E-state index in [0.29, 0.717) is 5.06 Å². The summed E-state index contributed by atoms with van der Waals surface area (Å²) in [6.07, 6.45) is 0.909. The van der Waals surface area contributed by atoms with E-state index in [1.165, 1.54) is 11.3 Å². The molecule has 0 aliphatic heterocycles. The maximum Gasteiger partial charge on any atom is 0.300 e. The molecule has 0 aromatic carbocycles. The molecule has 0 saturated carbocycles. The molecule has 0 amide bonds. The van der Waals surface area contributed by atoms with Gasteiger partial charge < -0.3 is 10.2 Å². The Kier molecular flexibility index (Phi) is 5.06. The molecule has 0 atom stereocenters. The van der Waals surface area contributed by atoms with E-state index in [9.17, 15) is 0 Å². The maximum absolute atomic E-state index is 9.03. The number of carboxylic acids is 1. The molecule has 1 heterocycles. The minimum absolute atomic E-state index is 0.354. The fraction of sp³-hybridized carbons (Fsp3) is 0.500. The van der Waals surface area contributed by atoms with Crippen molar-refractivity contribution < 1.29 is 15.0 Å². The molecule has 0 aliphatic carbocycles. The highest BCUT2D eigenvalue weighted by molar-refractivity contribution is 7.13. The molecule has 0 radical (unpaired) electrons. The Morgan fingerprint density at radius 2 is 2.08 bits per heavy atom. The summed E-state index contributed by atoms with van der Waals surface area (Å²) >= 11 is 1.36. The van der Waals surface area contributed by atoms with E-state index in [0.717, 1.165) is 24.0 Å². The van der Waals surface area contributed by atoms with Gasteiger partial charge in [-0.05, 0) is 13.3 Å². The minimum Gasteiger partial charge on any atom is -0.498 e. The first-order chi connectivity index (χ1) is 5.97. The molecule has 1 rings (SSSR count). The summed E-state index contributed by atoms with van der Waals surface area (Å²) < 4.78 is 0. The van der Waals surface area contributed by atoms with Gasteiger partial charge in [-0.3, -0.25) is 4.79 Å². The van der Waals surface area contributed by atoms with Gasteiger partial charge in [0.05, 0.1) is 10.7 Å². The molecule has 4 nitrogen and oxygen atoms in total. The summed E-state index contributed by atoms with van der Waals surface area (Å²) in [6.45, 7) is 4.92. The van der Waals surface area contributed by atoms with Crippen LogP contribution in [-0.4, -0.2) is 21.2 Å². The van der Waals surface area contributed by atoms with E-state index in [-0.39, 0.29) is 0 Å². The SMILES string of the molecule is CC(=O)O.CCc1nc(C)c(O)s1. The molecule has 1 aromatic heterocycles. The van der Waals surface area contributed by atoms with E-state index in [1.807, 2.05) is 13.8 Å². The molecule has 0 aliphatic rings. The van der Waals surface area contributed by atoms with Crippen molar-refractivity contribution >= 4 is 17.3 Å². The van der Waals surface area contributed by atoms with Crippen LogP contribution in [0.2, 0.25) is 0 Å². The van der Waals surface area contributed by atoms with Gasteiger partial charge in [0.1, 0.15) is 0 Å². The van der Waals surface area contributed by atoms with Crippen molar-refractivity contribution in [1.29, 1.82) is 0 Å². The Bertz CT molecular complexity index is 259. The smallest absolute Gasteiger partial charge is 0.300 e. The zero-order chi connectivity index (χ0) is 10.4. The van der Waals surface area contributed by atoms with Crippen LogP contribution in [0.15, 0.2) is 0 Å². The number of aryl methyl sites for hydroxylation is 2. The molecular weight excluding hydrogens is 190 g/mol. The number of thiazole rings is 1. The molecule has 5 heteroatoms. The third-order valence-corrected chi connectivity index (χ3v) is 2.22. The molecule has 2 N–H and O–H groups in total. The third kappa shape index (κ3) is 5.19. The highest BCUT2D eigenvalue weighted by Crippen LogP contribution is 2.24. The van der Waals surface area contributed by atoms with Gasteiger partial charge in [0.15, 0.2) is 5.06 Å². The molecule has 0 fully saturated rings. The number of hydrogen-bond donors (Lipinski definition) is 2. The normalized spacial score (nSPS) is 8.85. The number of hydrogen-bond acceptors (Lipinski definition) is 4. The van der Waals surface area contributed by atoms with Gasteiger partial charge >= 0.3 is 0 Å². The maximum atomic E-state index is 9.03. The molecular formula is C8H13NO3S. The Morgan fingerprint density at radius 1 is 1.62 bits per heavy atom. The second-order valence-corrected chi connectivity index (χ2v) is 3.43. The lowest BCUT2D eigenvalue weighted by molar-refractivity contribution is -0.134. The van der Waals surface area contributed by atoms with E-state index >= 15 is 0 Å². The number of carboxylic acid groups (broad SMARTS) is 1. The average Bonchev–Trinajstić information content (AvgIpc) is 2.30. The molecule has 0 bridgehead atoms. The predicted octanol–water partition coefficient (Wildman–Crippen LogP) is 1.81. The van der Waals surface area contributed by atoms with Gasteiger partial charge in [-0.1, -0.05) is 18.3 Å². The van der Waals surface area contributed by atoms with Crippen molar-refractivity contribution in [2.45, 2.75) is 27.2 Å². The summed E-state index contributed by atoms with van der Waals surface area (Å²) in [4.78, 5) is 13.1. The van der Waals surface area contributed by atoms with Crippen molar-refractivity contribution in [3.8, 4) is 5.06 Å². The zero-order valence-corrected chi connectivity index (χ0v) is 8.68.